The summed E-state index contributed by atoms with van der Waals surface area (Å²) in [5.41, 5.74) is -0.301. The first-order valence-corrected chi connectivity index (χ1v) is 10.2. The maximum absolute atomic E-state index is 12.7. The third-order valence-electron chi connectivity index (χ3n) is 5.69. The van der Waals surface area contributed by atoms with Gasteiger partial charge in [0.25, 0.3) is 5.91 Å². The topological polar surface area (TPSA) is 110 Å². The van der Waals surface area contributed by atoms with E-state index in [1.807, 2.05) is 0 Å². The molecule has 1 aromatic carbocycles. The number of nitrogens with zero attached hydrogens (tertiary/aromatic N) is 1. The Morgan fingerprint density at radius 1 is 1.29 bits per heavy atom. The summed E-state index contributed by atoms with van der Waals surface area (Å²) in [6.07, 6.45) is 2.69. The van der Waals surface area contributed by atoms with E-state index in [9.17, 15) is 14.4 Å². The van der Waals surface area contributed by atoms with Crippen molar-refractivity contribution in [2.45, 2.75) is 31.4 Å². The lowest BCUT2D eigenvalue weighted by Gasteiger charge is -2.32. The third-order valence-corrected chi connectivity index (χ3v) is 5.69. The second-order valence-electron chi connectivity index (χ2n) is 7.75. The maximum Gasteiger partial charge on any atom is 0.255 e. The lowest BCUT2D eigenvalue weighted by Crippen LogP contribution is -2.46. The van der Waals surface area contributed by atoms with Crippen molar-refractivity contribution < 1.29 is 28.3 Å². The molecule has 3 amide bonds. The first-order chi connectivity index (χ1) is 15.0. The summed E-state index contributed by atoms with van der Waals surface area (Å²) in [5, 5.41) is 5.67. The van der Waals surface area contributed by atoms with E-state index in [0.29, 0.717) is 42.2 Å². The molecule has 31 heavy (non-hydrogen) atoms. The van der Waals surface area contributed by atoms with Crippen LogP contribution in [-0.2, 0) is 16.1 Å². The summed E-state index contributed by atoms with van der Waals surface area (Å²) in [6, 6.07) is 8.58. The van der Waals surface area contributed by atoms with Gasteiger partial charge in [-0.05, 0) is 30.7 Å². The van der Waals surface area contributed by atoms with E-state index in [-0.39, 0.29) is 43.8 Å². The molecule has 4 rings (SSSR count). The minimum Gasteiger partial charge on any atom is -0.497 e. The van der Waals surface area contributed by atoms with Gasteiger partial charge in [-0.1, -0.05) is 0 Å². The zero-order valence-corrected chi connectivity index (χ0v) is 17.3. The molecule has 1 saturated heterocycles. The van der Waals surface area contributed by atoms with E-state index in [4.69, 9.17) is 13.9 Å². The third kappa shape index (κ3) is 4.65. The van der Waals surface area contributed by atoms with Crippen molar-refractivity contribution in [3.63, 3.8) is 0 Å². The molecule has 2 N–H and O–H groups in total. The second kappa shape index (κ2) is 8.71. The number of ether oxygens (including phenoxy) is 2. The lowest BCUT2D eigenvalue weighted by atomic mass is 9.94. The molecule has 1 fully saturated rings. The van der Waals surface area contributed by atoms with Gasteiger partial charge in [-0.25, -0.2) is 0 Å². The molecule has 1 spiro atoms. The Hall–Kier alpha value is -3.49. The van der Waals surface area contributed by atoms with Gasteiger partial charge in [0.15, 0.2) is 0 Å². The van der Waals surface area contributed by atoms with Crippen molar-refractivity contribution in [2.24, 2.45) is 0 Å². The Morgan fingerprint density at radius 2 is 2.16 bits per heavy atom. The van der Waals surface area contributed by atoms with Gasteiger partial charge in [0.05, 0.1) is 38.6 Å². The van der Waals surface area contributed by atoms with Gasteiger partial charge in [0.1, 0.15) is 22.9 Å². The number of methoxy groups -OCH3 is 1. The summed E-state index contributed by atoms with van der Waals surface area (Å²) in [5.74, 6) is 1.07. The minimum atomic E-state index is -0.734. The molecule has 3 heterocycles. The molecule has 9 nitrogen and oxygen atoms in total. The largest absolute Gasteiger partial charge is 0.497 e. The first kappa shape index (κ1) is 20.8. The monoisotopic (exact) mass is 427 g/mol. The van der Waals surface area contributed by atoms with Crippen LogP contribution in [0.2, 0.25) is 0 Å². The highest BCUT2D eigenvalue weighted by Crippen LogP contribution is 2.35. The number of hydrogen-bond donors (Lipinski definition) is 2. The van der Waals surface area contributed by atoms with E-state index in [1.165, 1.54) is 4.90 Å². The molecule has 1 atom stereocenters. The Morgan fingerprint density at radius 3 is 2.94 bits per heavy atom. The van der Waals surface area contributed by atoms with Crippen LogP contribution in [0.25, 0.3) is 0 Å². The number of amides is 3. The number of likely N-dealkylation sites (tertiary alicyclic amines) is 1. The fourth-order valence-corrected chi connectivity index (χ4v) is 3.86. The summed E-state index contributed by atoms with van der Waals surface area (Å²) >= 11 is 0. The lowest BCUT2D eigenvalue weighted by molar-refractivity contribution is -0.135. The van der Waals surface area contributed by atoms with E-state index >= 15 is 0 Å². The molecular formula is C22H25N3O6. The zero-order chi connectivity index (χ0) is 21.8. The number of fused-ring (bicyclic) bond motifs is 1. The maximum atomic E-state index is 12.7. The van der Waals surface area contributed by atoms with Gasteiger partial charge in [0.2, 0.25) is 11.8 Å². The predicted molar refractivity (Wildman–Crippen MR) is 110 cm³/mol. The van der Waals surface area contributed by atoms with Crippen LogP contribution in [-0.4, -0.2) is 55.0 Å². The molecule has 2 aliphatic rings. The van der Waals surface area contributed by atoms with Crippen molar-refractivity contribution in [1.82, 2.24) is 15.5 Å². The van der Waals surface area contributed by atoms with Gasteiger partial charge < -0.3 is 29.4 Å². The van der Waals surface area contributed by atoms with Crippen molar-refractivity contribution in [1.29, 1.82) is 0 Å². The SMILES string of the molecule is COc1ccc2c(c1)OC1(CCC(=O)N(CC(=O)NCc3ccco3)CC1)CNC2=O. The standard InChI is InChI=1S/C22H25N3O6/c1-29-15-4-5-17-18(11-15)31-22(14-24-21(17)28)7-6-20(27)25(9-8-22)13-19(26)23-12-16-3-2-10-30-16/h2-5,10-11H,6-9,12-14H2,1H3,(H,23,26)(H,24,28). The van der Waals surface area contributed by atoms with Gasteiger partial charge in [-0.2, -0.15) is 0 Å². The molecular weight excluding hydrogens is 402 g/mol. The van der Waals surface area contributed by atoms with Crippen LogP contribution in [0.5, 0.6) is 11.5 Å². The van der Waals surface area contributed by atoms with Crippen molar-refractivity contribution in [3.05, 3.63) is 47.9 Å². The minimum absolute atomic E-state index is 0.0353. The smallest absolute Gasteiger partial charge is 0.255 e. The Bertz CT molecular complexity index is 974. The molecule has 1 aromatic heterocycles. The molecule has 0 bridgehead atoms. The predicted octanol–water partition coefficient (Wildman–Crippen LogP) is 1.48. The van der Waals surface area contributed by atoms with Crippen LogP contribution < -0.4 is 20.1 Å². The molecule has 2 aromatic rings. The number of rotatable bonds is 5. The Labute approximate surface area is 179 Å². The highest BCUT2D eigenvalue weighted by atomic mass is 16.5. The number of nitrogens with one attached hydrogen (secondary N) is 2. The van der Waals surface area contributed by atoms with Crippen molar-refractivity contribution in [2.75, 3.05) is 26.7 Å². The van der Waals surface area contributed by atoms with Crippen LogP contribution in [0.15, 0.2) is 41.0 Å². The normalized spacial score (nSPS) is 20.9. The highest BCUT2D eigenvalue weighted by molar-refractivity contribution is 5.97. The summed E-state index contributed by atoms with van der Waals surface area (Å²) in [4.78, 5) is 39.0. The van der Waals surface area contributed by atoms with E-state index in [0.717, 1.165) is 0 Å². The second-order valence-corrected chi connectivity index (χ2v) is 7.75. The zero-order valence-electron chi connectivity index (χ0n) is 17.3. The van der Waals surface area contributed by atoms with Gasteiger partial charge >= 0.3 is 0 Å². The van der Waals surface area contributed by atoms with Crippen LogP contribution in [0, 0.1) is 0 Å². The molecule has 164 valence electrons. The highest BCUT2D eigenvalue weighted by Gasteiger charge is 2.40. The van der Waals surface area contributed by atoms with Crippen molar-refractivity contribution >= 4 is 17.7 Å². The summed E-state index contributed by atoms with van der Waals surface area (Å²) in [6.45, 7) is 0.870. The van der Waals surface area contributed by atoms with Crippen LogP contribution in [0.1, 0.15) is 35.4 Å². The number of hydrogen-bond acceptors (Lipinski definition) is 6. The molecule has 9 heteroatoms. The fourth-order valence-electron chi connectivity index (χ4n) is 3.86. The molecule has 0 saturated carbocycles. The first-order valence-electron chi connectivity index (χ1n) is 10.2. The van der Waals surface area contributed by atoms with Crippen LogP contribution >= 0.6 is 0 Å². The van der Waals surface area contributed by atoms with Crippen molar-refractivity contribution in [3.8, 4) is 11.5 Å². The Kier molecular flexibility index (Phi) is 5.83. The number of carbonyl (C=O) groups excluding carboxylic acids is 3. The van der Waals surface area contributed by atoms with Gasteiger partial charge in [-0.15, -0.1) is 0 Å². The van der Waals surface area contributed by atoms with Crippen LogP contribution in [0.4, 0.5) is 0 Å². The van der Waals surface area contributed by atoms with Gasteiger partial charge in [-0.3, -0.25) is 14.4 Å². The van der Waals surface area contributed by atoms with Gasteiger partial charge in [0, 0.05) is 25.5 Å². The Balaban J connectivity index is 1.43. The fraction of sp³-hybridized carbons (Fsp3) is 0.409. The van der Waals surface area contributed by atoms with E-state index in [2.05, 4.69) is 10.6 Å². The average molecular weight is 427 g/mol. The molecule has 0 radical (unpaired) electrons. The van der Waals surface area contributed by atoms with E-state index in [1.54, 1.807) is 43.7 Å². The van der Waals surface area contributed by atoms with Crippen LogP contribution in [0.3, 0.4) is 0 Å². The molecule has 2 aliphatic heterocycles. The number of benzene rings is 1. The summed E-state index contributed by atoms with van der Waals surface area (Å²) in [7, 11) is 1.55. The number of furan rings is 1. The van der Waals surface area contributed by atoms with E-state index < -0.39 is 5.60 Å². The average Bonchev–Trinajstić information content (AvgIpc) is 3.20. The number of carbonyl (C=O) groups is 3. The molecule has 1 unspecified atom stereocenters. The quantitative estimate of drug-likeness (QED) is 0.748. The molecule has 0 aliphatic carbocycles. The summed E-state index contributed by atoms with van der Waals surface area (Å²) < 4.78 is 16.8.